The third kappa shape index (κ3) is 3.09. The second-order valence-electron chi connectivity index (χ2n) is 4.86. The van der Waals surface area contributed by atoms with Crippen molar-refractivity contribution in [1.82, 2.24) is 24.7 Å². The first kappa shape index (κ1) is 13.7. The summed E-state index contributed by atoms with van der Waals surface area (Å²) in [6.45, 7) is 1.20. The molecule has 1 saturated heterocycles. The highest BCUT2D eigenvalue weighted by Gasteiger charge is 2.32. The number of aliphatic hydroxyl groups is 1. The Bertz CT molecular complexity index is 596. The fourth-order valence-corrected chi connectivity index (χ4v) is 2.02. The van der Waals surface area contributed by atoms with Gasteiger partial charge >= 0.3 is 0 Å². The van der Waals surface area contributed by atoms with Gasteiger partial charge in [0, 0.05) is 39.0 Å². The SMILES string of the molecule is CNc1nc(NCC2(O)CCOC2)nc(-n2cccn2)n1. The fourth-order valence-electron chi connectivity index (χ4n) is 2.02. The van der Waals surface area contributed by atoms with E-state index in [4.69, 9.17) is 4.74 Å². The molecule has 0 spiro atoms. The molecular weight excluding hydrogens is 274 g/mol. The number of nitrogens with zero attached hydrogens (tertiary/aromatic N) is 5. The van der Waals surface area contributed by atoms with E-state index in [-0.39, 0.29) is 0 Å². The zero-order valence-corrected chi connectivity index (χ0v) is 11.7. The van der Waals surface area contributed by atoms with Gasteiger partial charge in [0.2, 0.25) is 11.9 Å². The van der Waals surface area contributed by atoms with Crippen LogP contribution in [0.25, 0.3) is 5.95 Å². The molecule has 0 aromatic carbocycles. The lowest BCUT2D eigenvalue weighted by Gasteiger charge is -2.20. The van der Waals surface area contributed by atoms with Crippen molar-refractivity contribution in [2.75, 3.05) is 37.4 Å². The molecule has 0 amide bonds. The topological polar surface area (TPSA) is 110 Å². The number of anilines is 2. The van der Waals surface area contributed by atoms with Crippen molar-refractivity contribution >= 4 is 11.9 Å². The molecule has 1 aliphatic heterocycles. The molecule has 0 saturated carbocycles. The molecule has 21 heavy (non-hydrogen) atoms. The van der Waals surface area contributed by atoms with E-state index in [2.05, 4.69) is 30.7 Å². The Kier molecular flexibility index (Phi) is 3.67. The molecule has 9 heteroatoms. The zero-order valence-electron chi connectivity index (χ0n) is 11.7. The molecule has 9 nitrogen and oxygen atoms in total. The number of hydrogen-bond donors (Lipinski definition) is 3. The van der Waals surface area contributed by atoms with Crippen molar-refractivity contribution in [3.8, 4) is 5.95 Å². The number of ether oxygens (including phenoxy) is 1. The van der Waals surface area contributed by atoms with Gasteiger partial charge in [0.15, 0.2) is 0 Å². The maximum Gasteiger partial charge on any atom is 0.257 e. The normalized spacial score (nSPS) is 21.4. The summed E-state index contributed by atoms with van der Waals surface area (Å²) in [6, 6.07) is 1.79. The number of aromatic nitrogens is 5. The van der Waals surface area contributed by atoms with Crippen LogP contribution in [0.1, 0.15) is 6.42 Å². The molecule has 0 aliphatic carbocycles. The molecule has 0 bridgehead atoms. The molecule has 3 heterocycles. The second kappa shape index (κ2) is 5.62. The van der Waals surface area contributed by atoms with Crippen molar-refractivity contribution in [3.63, 3.8) is 0 Å². The lowest BCUT2D eigenvalue weighted by molar-refractivity contribution is 0.0380. The van der Waals surface area contributed by atoms with Gasteiger partial charge in [0.1, 0.15) is 5.60 Å². The van der Waals surface area contributed by atoms with E-state index < -0.39 is 5.60 Å². The summed E-state index contributed by atoms with van der Waals surface area (Å²) >= 11 is 0. The van der Waals surface area contributed by atoms with E-state index in [9.17, 15) is 5.11 Å². The Morgan fingerprint density at radius 2 is 2.24 bits per heavy atom. The molecule has 3 rings (SSSR count). The van der Waals surface area contributed by atoms with Crippen molar-refractivity contribution in [2.45, 2.75) is 12.0 Å². The maximum atomic E-state index is 10.2. The van der Waals surface area contributed by atoms with Gasteiger partial charge in [-0.2, -0.15) is 20.1 Å². The maximum absolute atomic E-state index is 10.2. The predicted octanol–water partition coefficient (Wildman–Crippen LogP) is -0.338. The van der Waals surface area contributed by atoms with E-state index in [0.717, 1.165) is 0 Å². The van der Waals surface area contributed by atoms with Crippen molar-refractivity contribution in [3.05, 3.63) is 18.5 Å². The van der Waals surface area contributed by atoms with E-state index in [1.165, 1.54) is 0 Å². The molecular formula is C12H17N7O2. The summed E-state index contributed by atoms with van der Waals surface area (Å²) in [6.07, 6.45) is 3.99. The average molecular weight is 291 g/mol. The van der Waals surface area contributed by atoms with Gasteiger partial charge in [-0.1, -0.05) is 0 Å². The van der Waals surface area contributed by atoms with Gasteiger partial charge in [0.05, 0.1) is 6.61 Å². The standard InChI is InChI=1S/C12H17N7O2/c1-13-9-16-10(14-7-12(20)3-6-21-8-12)18-11(17-9)19-5-2-4-15-19/h2,4-5,20H,3,6-8H2,1H3,(H2,13,14,16,17,18). The Morgan fingerprint density at radius 3 is 2.90 bits per heavy atom. The van der Waals surface area contributed by atoms with Crippen LogP contribution in [-0.4, -0.2) is 62.2 Å². The van der Waals surface area contributed by atoms with Gasteiger partial charge in [-0.05, 0) is 6.07 Å². The fraction of sp³-hybridized carbons (Fsp3) is 0.500. The molecule has 2 aromatic heterocycles. The van der Waals surface area contributed by atoms with Crippen molar-refractivity contribution in [1.29, 1.82) is 0 Å². The minimum Gasteiger partial charge on any atom is -0.386 e. The lowest BCUT2D eigenvalue weighted by atomic mass is 10.0. The van der Waals surface area contributed by atoms with E-state index in [1.807, 2.05) is 0 Å². The van der Waals surface area contributed by atoms with Crippen molar-refractivity contribution in [2.24, 2.45) is 0 Å². The third-order valence-electron chi connectivity index (χ3n) is 3.21. The van der Waals surface area contributed by atoms with Crippen LogP contribution < -0.4 is 10.6 Å². The Labute approximate surface area is 121 Å². The first-order chi connectivity index (χ1) is 10.2. The molecule has 3 N–H and O–H groups in total. The van der Waals surface area contributed by atoms with Crippen LogP contribution in [0.2, 0.25) is 0 Å². The minimum atomic E-state index is -0.877. The highest BCUT2D eigenvalue weighted by atomic mass is 16.5. The third-order valence-corrected chi connectivity index (χ3v) is 3.21. The predicted molar refractivity (Wildman–Crippen MR) is 75.4 cm³/mol. The van der Waals surface area contributed by atoms with Crippen molar-refractivity contribution < 1.29 is 9.84 Å². The van der Waals surface area contributed by atoms with Crippen LogP contribution >= 0.6 is 0 Å². The Hall–Kier alpha value is -2.26. The summed E-state index contributed by atoms with van der Waals surface area (Å²) in [5.74, 6) is 1.20. The molecule has 0 radical (unpaired) electrons. The number of rotatable bonds is 5. The minimum absolute atomic E-state index is 0.315. The second-order valence-corrected chi connectivity index (χ2v) is 4.86. The highest BCUT2D eigenvalue weighted by molar-refractivity contribution is 5.37. The van der Waals surface area contributed by atoms with E-state index >= 15 is 0 Å². The van der Waals surface area contributed by atoms with Crippen LogP contribution in [0.15, 0.2) is 18.5 Å². The van der Waals surface area contributed by atoms with Crippen LogP contribution in [0.4, 0.5) is 11.9 Å². The first-order valence-corrected chi connectivity index (χ1v) is 6.66. The largest absolute Gasteiger partial charge is 0.386 e. The van der Waals surface area contributed by atoms with Gasteiger partial charge in [-0.15, -0.1) is 0 Å². The summed E-state index contributed by atoms with van der Waals surface area (Å²) in [4.78, 5) is 12.7. The zero-order chi connectivity index (χ0) is 14.7. The molecule has 1 atom stereocenters. The van der Waals surface area contributed by atoms with Gasteiger partial charge in [-0.25, -0.2) is 4.68 Å². The van der Waals surface area contributed by atoms with Gasteiger partial charge < -0.3 is 20.5 Å². The van der Waals surface area contributed by atoms with Crippen LogP contribution in [-0.2, 0) is 4.74 Å². The molecule has 112 valence electrons. The van der Waals surface area contributed by atoms with Crippen LogP contribution in [0, 0.1) is 0 Å². The summed E-state index contributed by atoms with van der Waals surface area (Å²) in [5.41, 5.74) is -0.877. The van der Waals surface area contributed by atoms with E-state index in [0.29, 0.717) is 44.0 Å². The quantitative estimate of drug-likeness (QED) is 0.686. The highest BCUT2D eigenvalue weighted by Crippen LogP contribution is 2.18. The first-order valence-electron chi connectivity index (χ1n) is 6.66. The number of nitrogens with one attached hydrogen (secondary N) is 2. The number of hydrogen-bond acceptors (Lipinski definition) is 8. The molecule has 1 aliphatic rings. The smallest absolute Gasteiger partial charge is 0.257 e. The van der Waals surface area contributed by atoms with Crippen LogP contribution in [0.5, 0.6) is 0 Å². The molecule has 1 fully saturated rings. The Morgan fingerprint density at radius 1 is 1.38 bits per heavy atom. The average Bonchev–Trinajstić information content (AvgIpc) is 3.17. The molecule has 1 unspecified atom stereocenters. The van der Waals surface area contributed by atoms with Gasteiger partial charge in [0.25, 0.3) is 5.95 Å². The monoisotopic (exact) mass is 291 g/mol. The summed E-state index contributed by atoms with van der Waals surface area (Å²) < 4.78 is 6.75. The summed E-state index contributed by atoms with van der Waals surface area (Å²) in [7, 11) is 1.73. The van der Waals surface area contributed by atoms with E-state index in [1.54, 1.807) is 30.2 Å². The molecule has 2 aromatic rings. The summed E-state index contributed by atoms with van der Waals surface area (Å²) in [5, 5.41) is 20.2. The lowest BCUT2D eigenvalue weighted by Crippen LogP contribution is -2.37. The van der Waals surface area contributed by atoms with Crippen LogP contribution in [0.3, 0.4) is 0 Å². The van der Waals surface area contributed by atoms with Gasteiger partial charge in [-0.3, -0.25) is 0 Å². The Balaban J connectivity index is 1.79.